The average Bonchev–Trinajstić information content (AvgIpc) is 3.00. The van der Waals surface area contributed by atoms with Gasteiger partial charge in [-0.1, -0.05) is 35.9 Å². The number of nitrogens with one attached hydrogen (secondary N) is 1. The van der Waals surface area contributed by atoms with Gasteiger partial charge in [-0.15, -0.1) is 0 Å². The molecule has 0 aliphatic rings. The molecule has 2 aromatic heterocycles. The summed E-state index contributed by atoms with van der Waals surface area (Å²) < 4.78 is 16.6. The van der Waals surface area contributed by atoms with Crippen LogP contribution in [0.5, 0.6) is 0 Å². The van der Waals surface area contributed by atoms with Gasteiger partial charge in [0.25, 0.3) is 0 Å². The Bertz CT molecular complexity index is 1240. The first-order valence-electron chi connectivity index (χ1n) is 9.18. The quantitative estimate of drug-likeness (QED) is 0.570. The van der Waals surface area contributed by atoms with Gasteiger partial charge in [0.15, 0.2) is 5.65 Å². The number of amides is 1. The molecule has 2 heterocycles. The van der Waals surface area contributed by atoms with Gasteiger partial charge in [-0.25, -0.2) is 18.7 Å². The van der Waals surface area contributed by atoms with Gasteiger partial charge in [-0.2, -0.15) is 0 Å². The van der Waals surface area contributed by atoms with Crippen LogP contribution in [-0.2, 0) is 17.9 Å². The van der Waals surface area contributed by atoms with Crippen molar-refractivity contribution in [1.29, 1.82) is 0 Å². The van der Waals surface area contributed by atoms with Gasteiger partial charge in [-0.05, 0) is 37.3 Å². The second kappa shape index (κ2) is 7.71. The first kappa shape index (κ1) is 18.6. The molecule has 0 fully saturated rings. The number of fused-ring (bicyclic) bond motifs is 1. The topological polar surface area (TPSA) is 68.9 Å². The predicted octanol–water partition coefficient (Wildman–Crippen LogP) is 2.95. The molecular weight excluding hydrogens is 371 g/mol. The fraction of sp³-hybridized carbons (Fsp3) is 0.136. The lowest BCUT2D eigenvalue weighted by Gasteiger charge is -2.07. The third-order valence-corrected chi connectivity index (χ3v) is 4.72. The maximum atomic E-state index is 13.7. The van der Waals surface area contributed by atoms with Gasteiger partial charge in [0, 0.05) is 18.3 Å². The molecule has 0 aliphatic carbocycles. The highest BCUT2D eigenvalue weighted by molar-refractivity contribution is 5.80. The van der Waals surface area contributed by atoms with Crippen LogP contribution in [0.2, 0.25) is 0 Å². The van der Waals surface area contributed by atoms with Crippen LogP contribution in [0, 0.1) is 12.7 Å². The molecular formula is C22H19FN4O2. The van der Waals surface area contributed by atoms with E-state index in [9.17, 15) is 14.0 Å². The number of imidazole rings is 1. The third-order valence-electron chi connectivity index (χ3n) is 4.72. The van der Waals surface area contributed by atoms with Crippen molar-refractivity contribution in [2.24, 2.45) is 0 Å². The highest BCUT2D eigenvalue weighted by Crippen LogP contribution is 2.16. The molecule has 1 amide bonds. The van der Waals surface area contributed by atoms with Crippen LogP contribution in [0.25, 0.3) is 16.9 Å². The Morgan fingerprint density at radius 1 is 1.07 bits per heavy atom. The van der Waals surface area contributed by atoms with Crippen LogP contribution >= 0.6 is 0 Å². The SMILES string of the molecule is Cc1ccc(-n2c(=O)n(CC(=O)NCc3ccccc3F)c3cccnc32)cc1. The van der Waals surface area contributed by atoms with E-state index in [1.54, 1.807) is 36.5 Å². The molecule has 29 heavy (non-hydrogen) atoms. The van der Waals surface area contributed by atoms with E-state index in [-0.39, 0.29) is 30.5 Å². The molecule has 0 aliphatic heterocycles. The molecule has 2 aromatic carbocycles. The number of carbonyl (C=O) groups is 1. The van der Waals surface area contributed by atoms with Gasteiger partial charge in [0.1, 0.15) is 12.4 Å². The van der Waals surface area contributed by atoms with Crippen molar-refractivity contribution < 1.29 is 9.18 Å². The summed E-state index contributed by atoms with van der Waals surface area (Å²) >= 11 is 0. The van der Waals surface area contributed by atoms with Crippen LogP contribution in [-0.4, -0.2) is 20.0 Å². The molecule has 0 bridgehead atoms. The van der Waals surface area contributed by atoms with Crippen molar-refractivity contribution >= 4 is 17.1 Å². The molecule has 6 nitrogen and oxygen atoms in total. The normalized spacial score (nSPS) is 11.0. The predicted molar refractivity (Wildman–Crippen MR) is 108 cm³/mol. The minimum Gasteiger partial charge on any atom is -0.350 e. The molecule has 0 unspecified atom stereocenters. The number of hydrogen-bond donors (Lipinski definition) is 1. The number of benzene rings is 2. The van der Waals surface area contributed by atoms with Crippen molar-refractivity contribution in [3.63, 3.8) is 0 Å². The van der Waals surface area contributed by atoms with Crippen LogP contribution in [0.15, 0.2) is 71.7 Å². The first-order valence-corrected chi connectivity index (χ1v) is 9.18. The number of nitrogens with zero attached hydrogens (tertiary/aromatic N) is 3. The fourth-order valence-corrected chi connectivity index (χ4v) is 3.20. The molecule has 7 heteroatoms. The Hall–Kier alpha value is -3.74. The van der Waals surface area contributed by atoms with Gasteiger partial charge in [0.05, 0.1) is 11.2 Å². The smallest absolute Gasteiger partial charge is 0.335 e. The minimum atomic E-state index is -0.387. The largest absolute Gasteiger partial charge is 0.350 e. The average molecular weight is 390 g/mol. The maximum absolute atomic E-state index is 13.7. The van der Waals surface area contributed by atoms with Crippen LogP contribution in [0.1, 0.15) is 11.1 Å². The highest BCUT2D eigenvalue weighted by Gasteiger charge is 2.17. The maximum Gasteiger partial charge on any atom is 0.335 e. The summed E-state index contributed by atoms with van der Waals surface area (Å²) in [7, 11) is 0. The van der Waals surface area contributed by atoms with E-state index in [0.29, 0.717) is 22.4 Å². The van der Waals surface area contributed by atoms with Crippen molar-refractivity contribution in [3.05, 3.63) is 94.3 Å². The fourth-order valence-electron chi connectivity index (χ4n) is 3.20. The molecule has 4 aromatic rings. The van der Waals surface area contributed by atoms with Gasteiger partial charge >= 0.3 is 5.69 Å². The Kier molecular flexibility index (Phi) is 4.95. The van der Waals surface area contributed by atoms with E-state index in [2.05, 4.69) is 10.3 Å². The molecule has 0 atom stereocenters. The summed E-state index contributed by atoms with van der Waals surface area (Å²) in [5.74, 6) is -0.771. The van der Waals surface area contributed by atoms with Crippen LogP contribution < -0.4 is 11.0 Å². The molecule has 146 valence electrons. The Labute approximate surface area is 166 Å². The molecule has 0 saturated carbocycles. The van der Waals surface area contributed by atoms with E-state index < -0.39 is 0 Å². The second-order valence-electron chi connectivity index (χ2n) is 6.75. The molecule has 0 saturated heterocycles. The van der Waals surface area contributed by atoms with Gasteiger partial charge < -0.3 is 5.32 Å². The second-order valence-corrected chi connectivity index (χ2v) is 6.75. The summed E-state index contributed by atoms with van der Waals surface area (Å²) in [5.41, 5.74) is 2.81. The standard InChI is InChI=1S/C22H19FN4O2/c1-15-8-10-17(11-9-15)27-21-19(7-4-12-24-21)26(22(27)29)14-20(28)25-13-16-5-2-3-6-18(16)23/h2-12H,13-14H2,1H3,(H,25,28). The van der Waals surface area contributed by atoms with Crippen LogP contribution in [0.3, 0.4) is 0 Å². The lowest BCUT2D eigenvalue weighted by Crippen LogP contribution is -2.32. The molecule has 1 N–H and O–H groups in total. The summed E-state index contributed by atoms with van der Waals surface area (Å²) in [6.07, 6.45) is 1.61. The number of hydrogen-bond acceptors (Lipinski definition) is 3. The lowest BCUT2D eigenvalue weighted by molar-refractivity contribution is -0.121. The first-order chi connectivity index (χ1) is 14.0. The highest BCUT2D eigenvalue weighted by atomic mass is 19.1. The number of aryl methyl sites for hydroxylation is 1. The molecule has 0 radical (unpaired) electrons. The summed E-state index contributed by atoms with van der Waals surface area (Å²) in [6.45, 7) is 1.83. The van der Waals surface area contributed by atoms with E-state index in [1.165, 1.54) is 15.2 Å². The molecule has 4 rings (SSSR count). The number of halogens is 1. The van der Waals surface area contributed by atoms with Crippen LogP contribution in [0.4, 0.5) is 4.39 Å². The number of pyridine rings is 1. The minimum absolute atomic E-state index is 0.0507. The Balaban J connectivity index is 1.65. The third kappa shape index (κ3) is 3.67. The zero-order valence-electron chi connectivity index (χ0n) is 15.8. The van der Waals surface area contributed by atoms with Crippen molar-refractivity contribution in [2.45, 2.75) is 20.0 Å². The zero-order valence-corrected chi connectivity index (χ0v) is 15.8. The van der Waals surface area contributed by atoms with Crippen molar-refractivity contribution in [3.8, 4) is 5.69 Å². The van der Waals surface area contributed by atoms with E-state index in [4.69, 9.17) is 0 Å². The zero-order chi connectivity index (χ0) is 20.4. The summed E-state index contributed by atoms with van der Waals surface area (Å²) in [5, 5.41) is 2.67. The Morgan fingerprint density at radius 3 is 2.59 bits per heavy atom. The van der Waals surface area contributed by atoms with Gasteiger partial charge in [-0.3, -0.25) is 9.36 Å². The summed E-state index contributed by atoms with van der Waals surface area (Å²) in [4.78, 5) is 29.9. The number of rotatable bonds is 5. The van der Waals surface area contributed by atoms with Gasteiger partial charge in [0.2, 0.25) is 5.91 Å². The van der Waals surface area contributed by atoms with E-state index >= 15 is 0 Å². The van der Waals surface area contributed by atoms with E-state index in [0.717, 1.165) is 5.56 Å². The monoisotopic (exact) mass is 390 g/mol. The molecule has 0 spiro atoms. The van der Waals surface area contributed by atoms with Crippen molar-refractivity contribution in [2.75, 3.05) is 0 Å². The summed E-state index contributed by atoms with van der Waals surface area (Å²) in [6, 6.07) is 17.2. The lowest BCUT2D eigenvalue weighted by atomic mass is 10.2. The number of carbonyl (C=O) groups excluding carboxylic acids is 1. The van der Waals surface area contributed by atoms with E-state index in [1.807, 2.05) is 31.2 Å². The number of aromatic nitrogens is 3. The Morgan fingerprint density at radius 2 is 1.83 bits per heavy atom. The van der Waals surface area contributed by atoms with Crippen molar-refractivity contribution in [1.82, 2.24) is 19.4 Å².